The molecule has 106 valence electrons. The fourth-order valence-corrected chi connectivity index (χ4v) is 2.22. The van der Waals surface area contributed by atoms with Crippen LogP contribution in [0.5, 0.6) is 0 Å². The Morgan fingerprint density at radius 1 is 1.00 bits per heavy atom. The van der Waals surface area contributed by atoms with E-state index in [1.54, 1.807) is 0 Å². The number of hydrogen-bond donors (Lipinski definition) is 2. The molecule has 4 N–H and O–H groups in total. The van der Waals surface area contributed by atoms with Gasteiger partial charge in [-0.25, -0.2) is 19.9 Å². The fraction of sp³-hybridized carbons (Fsp3) is 0.111. The topological polar surface area (TPSA) is 104 Å². The van der Waals surface area contributed by atoms with Gasteiger partial charge in [0.1, 0.15) is 21.8 Å². The Morgan fingerprint density at radius 2 is 1.60 bits per heavy atom. The number of hydrogen-bond acceptors (Lipinski definition) is 7. The first-order valence-corrected chi connectivity index (χ1v) is 6.13. The molecular weight excluding hydrogens is 317 g/mol. The van der Waals surface area contributed by atoms with Gasteiger partial charge in [0.2, 0.25) is 5.82 Å². The van der Waals surface area contributed by atoms with E-state index >= 15 is 0 Å². The van der Waals surface area contributed by atoms with E-state index in [-0.39, 0.29) is 27.0 Å². The van der Waals surface area contributed by atoms with E-state index in [1.165, 1.54) is 6.07 Å². The monoisotopic (exact) mass is 322 g/mol. The van der Waals surface area contributed by atoms with Crippen LogP contribution in [0.15, 0.2) is 22.3 Å². The van der Waals surface area contributed by atoms with Crippen molar-refractivity contribution in [3.63, 3.8) is 0 Å². The molecule has 2 aromatic rings. The molecule has 0 spiro atoms. The van der Waals surface area contributed by atoms with Gasteiger partial charge in [0.05, 0.1) is 0 Å². The standard InChI is InChI=1S/C9H6ClF3N6S/c10-3-1-6(19-7(16-3)9(11,12)13)20-8-17-4(14)2-5(15)18-8/h1-2H,(H4,14,15,17,18). The molecule has 2 heterocycles. The van der Waals surface area contributed by atoms with Gasteiger partial charge in [0.15, 0.2) is 5.16 Å². The van der Waals surface area contributed by atoms with Crippen molar-refractivity contribution in [1.82, 2.24) is 19.9 Å². The maximum absolute atomic E-state index is 12.6. The molecule has 0 radical (unpaired) electrons. The van der Waals surface area contributed by atoms with Gasteiger partial charge in [0, 0.05) is 12.1 Å². The summed E-state index contributed by atoms with van der Waals surface area (Å²) in [6, 6.07) is 2.47. The molecule has 0 aliphatic carbocycles. The fourth-order valence-electron chi connectivity index (χ4n) is 1.18. The highest BCUT2D eigenvalue weighted by atomic mass is 35.5. The molecule has 11 heteroatoms. The van der Waals surface area contributed by atoms with Crippen LogP contribution in [0.3, 0.4) is 0 Å². The Bertz CT molecular complexity index is 630. The summed E-state index contributed by atoms with van der Waals surface area (Å²) in [5, 5.41) is -0.348. The quantitative estimate of drug-likeness (QED) is 0.645. The molecule has 0 fully saturated rings. The number of aromatic nitrogens is 4. The second-order valence-corrected chi connectivity index (χ2v) is 4.83. The predicted octanol–water partition coefficient (Wildman–Crippen LogP) is 2.25. The van der Waals surface area contributed by atoms with Crippen LogP contribution in [-0.2, 0) is 6.18 Å². The van der Waals surface area contributed by atoms with Crippen molar-refractivity contribution in [2.75, 3.05) is 11.5 Å². The summed E-state index contributed by atoms with van der Waals surface area (Å²) < 4.78 is 37.7. The van der Waals surface area contributed by atoms with E-state index in [2.05, 4.69) is 19.9 Å². The number of anilines is 2. The smallest absolute Gasteiger partial charge is 0.383 e. The molecule has 2 rings (SSSR count). The minimum absolute atomic E-state index is 0.0605. The highest BCUT2D eigenvalue weighted by Gasteiger charge is 2.35. The van der Waals surface area contributed by atoms with Crippen molar-refractivity contribution in [2.24, 2.45) is 0 Å². The number of alkyl halides is 3. The number of halogens is 4. The van der Waals surface area contributed by atoms with Crippen molar-refractivity contribution in [1.29, 1.82) is 0 Å². The molecule has 0 amide bonds. The molecule has 0 bridgehead atoms. The van der Waals surface area contributed by atoms with Crippen LogP contribution in [0, 0.1) is 0 Å². The molecule has 0 aromatic carbocycles. The van der Waals surface area contributed by atoms with Crippen LogP contribution in [-0.4, -0.2) is 19.9 Å². The van der Waals surface area contributed by atoms with E-state index in [1.807, 2.05) is 0 Å². The van der Waals surface area contributed by atoms with Crippen LogP contribution < -0.4 is 11.5 Å². The molecule has 0 atom stereocenters. The minimum Gasteiger partial charge on any atom is -0.383 e. The van der Waals surface area contributed by atoms with Gasteiger partial charge in [-0.1, -0.05) is 11.6 Å². The lowest BCUT2D eigenvalue weighted by molar-refractivity contribution is -0.145. The lowest BCUT2D eigenvalue weighted by atomic mass is 10.5. The largest absolute Gasteiger partial charge is 0.451 e. The molecule has 0 aliphatic heterocycles. The van der Waals surface area contributed by atoms with Crippen molar-refractivity contribution in [3.8, 4) is 0 Å². The van der Waals surface area contributed by atoms with Crippen molar-refractivity contribution >= 4 is 35.0 Å². The summed E-state index contributed by atoms with van der Waals surface area (Å²) in [4.78, 5) is 14.1. The summed E-state index contributed by atoms with van der Waals surface area (Å²) in [6.07, 6.45) is -4.70. The van der Waals surface area contributed by atoms with Crippen molar-refractivity contribution < 1.29 is 13.2 Å². The van der Waals surface area contributed by atoms with E-state index in [0.29, 0.717) is 0 Å². The summed E-state index contributed by atoms with van der Waals surface area (Å²) in [7, 11) is 0. The Balaban J connectivity index is 2.36. The van der Waals surface area contributed by atoms with E-state index in [0.717, 1.165) is 17.8 Å². The zero-order valence-corrected chi connectivity index (χ0v) is 11.1. The number of nitrogens with two attached hydrogens (primary N) is 2. The van der Waals surface area contributed by atoms with Crippen molar-refractivity contribution in [3.05, 3.63) is 23.1 Å². The second-order valence-electron chi connectivity index (χ2n) is 3.45. The van der Waals surface area contributed by atoms with E-state index < -0.39 is 12.0 Å². The number of nitrogens with zero attached hydrogens (tertiary/aromatic N) is 4. The van der Waals surface area contributed by atoms with E-state index in [9.17, 15) is 13.2 Å². The molecular formula is C9H6ClF3N6S. The normalized spacial score (nSPS) is 11.6. The first-order chi connectivity index (χ1) is 9.24. The third-order valence-corrected chi connectivity index (χ3v) is 2.84. The maximum atomic E-state index is 12.6. The second kappa shape index (κ2) is 5.29. The van der Waals surface area contributed by atoms with Gasteiger partial charge in [-0.3, -0.25) is 0 Å². The first kappa shape index (κ1) is 14.6. The zero-order chi connectivity index (χ0) is 14.9. The third kappa shape index (κ3) is 3.61. The summed E-state index contributed by atoms with van der Waals surface area (Å²) in [5.74, 6) is -1.16. The summed E-state index contributed by atoms with van der Waals surface area (Å²) in [5.41, 5.74) is 10.9. The van der Waals surface area contributed by atoms with Gasteiger partial charge in [-0.2, -0.15) is 13.2 Å². The zero-order valence-electron chi connectivity index (χ0n) is 9.52. The van der Waals surface area contributed by atoms with Gasteiger partial charge < -0.3 is 11.5 Å². The SMILES string of the molecule is Nc1cc(N)nc(Sc2cc(Cl)nc(C(F)(F)F)n2)n1. The van der Waals surface area contributed by atoms with Gasteiger partial charge in [-0.05, 0) is 11.8 Å². The average Bonchev–Trinajstić information content (AvgIpc) is 2.25. The van der Waals surface area contributed by atoms with Crippen molar-refractivity contribution in [2.45, 2.75) is 16.4 Å². The number of nitrogen functional groups attached to an aromatic ring is 2. The van der Waals surface area contributed by atoms with Gasteiger partial charge >= 0.3 is 6.18 Å². The molecule has 0 aliphatic rings. The molecule has 0 unspecified atom stereocenters. The van der Waals surface area contributed by atoms with Gasteiger partial charge in [0.25, 0.3) is 0 Å². The molecule has 2 aromatic heterocycles. The lowest BCUT2D eigenvalue weighted by Crippen LogP contribution is -2.11. The Labute approximate surface area is 119 Å². The van der Waals surface area contributed by atoms with Crippen LogP contribution in [0.1, 0.15) is 5.82 Å². The first-order valence-electron chi connectivity index (χ1n) is 4.94. The number of rotatable bonds is 2. The summed E-state index contributed by atoms with van der Waals surface area (Å²) in [6.45, 7) is 0. The van der Waals surface area contributed by atoms with Crippen LogP contribution in [0.2, 0.25) is 5.15 Å². The molecule has 6 nitrogen and oxygen atoms in total. The molecule has 20 heavy (non-hydrogen) atoms. The summed E-state index contributed by atoms with van der Waals surface area (Å²) >= 11 is 6.27. The Morgan fingerprint density at radius 3 is 2.15 bits per heavy atom. The van der Waals surface area contributed by atoms with Crippen LogP contribution in [0.4, 0.5) is 24.8 Å². The lowest BCUT2D eigenvalue weighted by Gasteiger charge is -2.07. The Hall–Kier alpha value is -1.81. The Kier molecular flexibility index (Phi) is 3.86. The average molecular weight is 323 g/mol. The van der Waals surface area contributed by atoms with Crippen LogP contribution >= 0.6 is 23.4 Å². The predicted molar refractivity (Wildman–Crippen MR) is 67.0 cm³/mol. The van der Waals surface area contributed by atoms with Crippen LogP contribution in [0.25, 0.3) is 0 Å². The minimum atomic E-state index is -4.70. The molecule has 0 saturated heterocycles. The van der Waals surface area contributed by atoms with Gasteiger partial charge in [-0.15, -0.1) is 0 Å². The van der Waals surface area contributed by atoms with E-state index in [4.69, 9.17) is 23.1 Å². The maximum Gasteiger partial charge on any atom is 0.451 e. The third-order valence-electron chi connectivity index (χ3n) is 1.87. The highest BCUT2D eigenvalue weighted by Crippen LogP contribution is 2.31. The highest BCUT2D eigenvalue weighted by molar-refractivity contribution is 7.99. The molecule has 0 saturated carbocycles.